The van der Waals surface area contributed by atoms with Crippen molar-refractivity contribution in [1.82, 2.24) is 9.97 Å². The highest BCUT2D eigenvalue weighted by Crippen LogP contribution is 2.23. The van der Waals surface area contributed by atoms with Crippen molar-refractivity contribution >= 4 is 39.3 Å². The molecule has 0 aliphatic rings. The molecule has 0 spiro atoms. The van der Waals surface area contributed by atoms with Gasteiger partial charge in [0.1, 0.15) is 5.75 Å². The van der Waals surface area contributed by atoms with Gasteiger partial charge in [0, 0.05) is 44.5 Å². The van der Waals surface area contributed by atoms with Crippen LogP contribution in [0.4, 0.5) is 0 Å². The lowest BCUT2D eigenvalue weighted by Gasteiger charge is -2.06. The molecule has 0 saturated carbocycles. The molecule has 2 aromatic heterocycles. The molecule has 3 rings (SSSR count). The SMILES string of the molecule is Cc1ncc(CO)c(/C=N/N=C\c2c[nH]c3ccc(Br)cc23)c1O. The summed E-state index contributed by atoms with van der Waals surface area (Å²) in [7, 11) is 0. The molecule has 3 N–H and O–H groups in total. The van der Waals surface area contributed by atoms with E-state index >= 15 is 0 Å². The maximum Gasteiger partial charge on any atom is 0.145 e. The van der Waals surface area contributed by atoms with Crippen molar-refractivity contribution in [2.24, 2.45) is 10.2 Å². The number of H-pyrrole nitrogens is 1. The van der Waals surface area contributed by atoms with Crippen molar-refractivity contribution in [2.45, 2.75) is 13.5 Å². The van der Waals surface area contributed by atoms with Crippen LogP contribution in [0.3, 0.4) is 0 Å². The fourth-order valence-electron chi connectivity index (χ4n) is 2.33. The molecule has 1 aromatic carbocycles. The lowest BCUT2D eigenvalue weighted by molar-refractivity contribution is 0.280. The number of aliphatic hydroxyl groups excluding tert-OH is 1. The van der Waals surface area contributed by atoms with Crippen molar-refractivity contribution in [3.05, 3.63) is 57.4 Å². The number of nitrogens with zero attached hydrogens (tertiary/aromatic N) is 3. The van der Waals surface area contributed by atoms with Gasteiger partial charge in [0.05, 0.1) is 24.7 Å². The molecular weight excluding hydrogens is 372 g/mol. The molecule has 6 nitrogen and oxygen atoms in total. The monoisotopic (exact) mass is 386 g/mol. The van der Waals surface area contributed by atoms with Crippen LogP contribution in [-0.2, 0) is 6.61 Å². The summed E-state index contributed by atoms with van der Waals surface area (Å²) in [6.07, 6.45) is 6.41. The van der Waals surface area contributed by atoms with Crippen molar-refractivity contribution in [3.8, 4) is 5.75 Å². The van der Waals surface area contributed by atoms with Crippen LogP contribution in [0, 0.1) is 6.92 Å². The van der Waals surface area contributed by atoms with Crippen LogP contribution in [0.15, 0.2) is 45.3 Å². The highest BCUT2D eigenvalue weighted by atomic mass is 79.9. The summed E-state index contributed by atoms with van der Waals surface area (Å²) < 4.78 is 0.984. The Balaban J connectivity index is 1.87. The van der Waals surface area contributed by atoms with E-state index in [1.54, 1.807) is 13.1 Å². The summed E-state index contributed by atoms with van der Waals surface area (Å²) in [6.45, 7) is 1.45. The number of nitrogens with one attached hydrogen (secondary N) is 1. The maximum absolute atomic E-state index is 10.0. The van der Waals surface area contributed by atoms with E-state index in [1.165, 1.54) is 12.4 Å². The third-order valence-electron chi connectivity index (χ3n) is 3.65. The molecule has 7 heteroatoms. The predicted molar refractivity (Wildman–Crippen MR) is 97.7 cm³/mol. The lowest BCUT2D eigenvalue weighted by Crippen LogP contribution is -1.97. The van der Waals surface area contributed by atoms with Gasteiger partial charge in [-0.25, -0.2) is 0 Å². The number of aromatic amines is 1. The second kappa shape index (κ2) is 6.94. The number of hydrogen-bond donors (Lipinski definition) is 3. The second-order valence-electron chi connectivity index (χ2n) is 5.21. The van der Waals surface area contributed by atoms with E-state index in [9.17, 15) is 10.2 Å². The summed E-state index contributed by atoms with van der Waals surface area (Å²) >= 11 is 3.45. The Bertz CT molecular complexity index is 947. The Labute approximate surface area is 146 Å². The van der Waals surface area contributed by atoms with E-state index < -0.39 is 0 Å². The van der Waals surface area contributed by atoms with Crippen LogP contribution in [-0.4, -0.2) is 32.6 Å². The largest absolute Gasteiger partial charge is 0.505 e. The molecular formula is C17H15BrN4O2. The average molecular weight is 387 g/mol. The number of hydrogen-bond acceptors (Lipinski definition) is 5. The summed E-state index contributed by atoms with van der Waals surface area (Å²) in [5.74, 6) is -0.00322. The Morgan fingerprint density at radius 3 is 2.88 bits per heavy atom. The van der Waals surface area contributed by atoms with Gasteiger partial charge in [-0.1, -0.05) is 15.9 Å². The predicted octanol–water partition coefficient (Wildman–Crippen LogP) is 3.28. The molecule has 122 valence electrons. The van der Waals surface area contributed by atoms with Crippen molar-refractivity contribution < 1.29 is 10.2 Å². The van der Waals surface area contributed by atoms with E-state index in [1.807, 2.05) is 24.4 Å². The molecule has 0 amide bonds. The standard InChI is InChI=1S/C17H15BrN4O2/c1-10-17(24)15(12(9-23)6-19-10)8-22-21-7-11-5-20-16-3-2-13(18)4-14(11)16/h2-8,20,23-24H,9H2,1H3/b21-7-,22-8+. The summed E-state index contributed by atoms with van der Waals surface area (Å²) in [6, 6.07) is 5.94. The van der Waals surface area contributed by atoms with Gasteiger partial charge in [0.2, 0.25) is 0 Å². The molecule has 0 unspecified atom stereocenters. The zero-order chi connectivity index (χ0) is 17.1. The van der Waals surface area contributed by atoms with Crippen LogP contribution in [0.1, 0.15) is 22.4 Å². The zero-order valence-corrected chi connectivity index (χ0v) is 14.4. The third-order valence-corrected chi connectivity index (χ3v) is 4.15. The van der Waals surface area contributed by atoms with Gasteiger partial charge in [-0.15, -0.1) is 0 Å². The summed E-state index contributed by atoms with van der Waals surface area (Å²) in [4.78, 5) is 7.17. The number of fused-ring (bicyclic) bond motifs is 1. The second-order valence-corrected chi connectivity index (χ2v) is 6.13. The van der Waals surface area contributed by atoms with Crippen LogP contribution < -0.4 is 0 Å². The number of aromatic nitrogens is 2. The highest BCUT2D eigenvalue weighted by Gasteiger charge is 2.09. The quantitative estimate of drug-likeness (QED) is 0.474. The maximum atomic E-state index is 10.0. The first-order chi connectivity index (χ1) is 11.6. The van der Waals surface area contributed by atoms with Crippen LogP contribution in [0.2, 0.25) is 0 Å². The van der Waals surface area contributed by atoms with Gasteiger partial charge in [-0.3, -0.25) is 4.98 Å². The first kappa shape index (κ1) is 16.4. The van der Waals surface area contributed by atoms with Gasteiger partial charge >= 0.3 is 0 Å². The molecule has 2 heterocycles. The molecule has 0 radical (unpaired) electrons. The minimum atomic E-state index is -0.234. The van der Waals surface area contributed by atoms with Gasteiger partial charge in [0.25, 0.3) is 0 Å². The number of pyridine rings is 1. The zero-order valence-electron chi connectivity index (χ0n) is 12.9. The normalized spacial score (nSPS) is 12.0. The fraction of sp³-hybridized carbons (Fsp3) is 0.118. The first-order valence-electron chi connectivity index (χ1n) is 7.21. The van der Waals surface area contributed by atoms with E-state index in [2.05, 4.69) is 36.1 Å². The summed E-state index contributed by atoms with van der Waals surface area (Å²) in [5, 5.41) is 28.4. The molecule has 0 atom stereocenters. The Hall–Kier alpha value is -2.51. The lowest BCUT2D eigenvalue weighted by atomic mass is 10.1. The topological polar surface area (TPSA) is 93.9 Å². The molecule has 24 heavy (non-hydrogen) atoms. The fourth-order valence-corrected chi connectivity index (χ4v) is 2.69. The molecule has 0 saturated heterocycles. The Kier molecular flexibility index (Phi) is 4.73. The Morgan fingerprint density at radius 1 is 1.29 bits per heavy atom. The van der Waals surface area contributed by atoms with Gasteiger partial charge in [-0.2, -0.15) is 10.2 Å². The Morgan fingerprint density at radius 2 is 2.08 bits per heavy atom. The van der Waals surface area contributed by atoms with Crippen LogP contribution >= 0.6 is 15.9 Å². The van der Waals surface area contributed by atoms with Crippen molar-refractivity contribution in [3.63, 3.8) is 0 Å². The number of aryl methyl sites for hydroxylation is 1. The van der Waals surface area contributed by atoms with Crippen molar-refractivity contribution in [2.75, 3.05) is 0 Å². The number of aliphatic hydroxyl groups is 1. The third kappa shape index (κ3) is 3.22. The molecule has 0 fully saturated rings. The average Bonchev–Trinajstić information content (AvgIpc) is 2.97. The summed E-state index contributed by atoms with van der Waals surface area (Å²) in [5.41, 5.74) is 3.30. The van der Waals surface area contributed by atoms with Crippen LogP contribution in [0.25, 0.3) is 10.9 Å². The smallest absolute Gasteiger partial charge is 0.145 e. The number of benzene rings is 1. The van der Waals surface area contributed by atoms with Crippen LogP contribution in [0.5, 0.6) is 5.75 Å². The van der Waals surface area contributed by atoms with E-state index in [0.717, 1.165) is 20.9 Å². The van der Waals surface area contributed by atoms with Crippen molar-refractivity contribution in [1.29, 1.82) is 0 Å². The van der Waals surface area contributed by atoms with E-state index in [4.69, 9.17) is 0 Å². The van der Waals surface area contributed by atoms with E-state index in [0.29, 0.717) is 16.8 Å². The molecule has 3 aromatic rings. The number of rotatable bonds is 4. The molecule has 0 aliphatic carbocycles. The number of halogens is 1. The molecule has 0 bridgehead atoms. The highest BCUT2D eigenvalue weighted by molar-refractivity contribution is 9.10. The molecule has 0 aliphatic heterocycles. The van der Waals surface area contributed by atoms with Gasteiger partial charge in [-0.05, 0) is 25.1 Å². The number of aromatic hydroxyl groups is 1. The minimum absolute atomic E-state index is 0.00322. The van der Waals surface area contributed by atoms with E-state index in [-0.39, 0.29) is 12.4 Å². The van der Waals surface area contributed by atoms with Gasteiger partial charge < -0.3 is 15.2 Å². The minimum Gasteiger partial charge on any atom is -0.505 e. The first-order valence-corrected chi connectivity index (χ1v) is 8.00. The van der Waals surface area contributed by atoms with Gasteiger partial charge in [0.15, 0.2) is 0 Å².